The predicted octanol–water partition coefficient (Wildman–Crippen LogP) is 3.16. The van der Waals surface area contributed by atoms with E-state index in [1.807, 2.05) is 0 Å². The average molecular weight is 424 g/mol. The van der Waals surface area contributed by atoms with E-state index < -0.39 is 0 Å². The first-order chi connectivity index (χ1) is 15.3. The Labute approximate surface area is 186 Å². The van der Waals surface area contributed by atoms with Gasteiger partial charge in [0.1, 0.15) is 11.6 Å². The van der Waals surface area contributed by atoms with E-state index in [0.717, 1.165) is 63.8 Å². The smallest absolute Gasteiger partial charge is 0.191 e. The average Bonchev–Trinajstić information content (AvgIpc) is 3.03. The van der Waals surface area contributed by atoms with Crippen molar-refractivity contribution in [3.05, 3.63) is 42.0 Å². The summed E-state index contributed by atoms with van der Waals surface area (Å²) in [6.07, 6.45) is 9.17. The molecule has 1 unspecified atom stereocenters. The summed E-state index contributed by atoms with van der Waals surface area (Å²) in [6, 6.07) is 11.1. The first-order valence-corrected chi connectivity index (χ1v) is 12.1. The van der Waals surface area contributed by atoms with Gasteiger partial charge in [-0.05, 0) is 51.2 Å². The van der Waals surface area contributed by atoms with Gasteiger partial charge in [-0.2, -0.15) is 0 Å². The van der Waals surface area contributed by atoms with Gasteiger partial charge in [-0.15, -0.1) is 10.2 Å². The number of nitrogens with one attached hydrogen (secondary N) is 2. The highest BCUT2D eigenvalue weighted by Gasteiger charge is 2.21. The number of aryl methyl sites for hydroxylation is 2. The minimum atomic E-state index is 0.416. The molecule has 3 heterocycles. The minimum absolute atomic E-state index is 0.416. The number of nitrogens with zero attached hydrogens (tertiary/aromatic N) is 5. The lowest BCUT2D eigenvalue weighted by molar-refractivity contribution is 0.468. The third kappa shape index (κ3) is 5.99. The molecule has 2 N–H and O–H groups in total. The fourth-order valence-corrected chi connectivity index (χ4v) is 4.64. The van der Waals surface area contributed by atoms with Crippen LogP contribution in [0.15, 0.2) is 35.3 Å². The third-order valence-corrected chi connectivity index (χ3v) is 6.24. The fraction of sp³-hybridized carbons (Fsp3) is 0.625. The zero-order valence-electron chi connectivity index (χ0n) is 18.9. The Bertz CT molecular complexity index is 830. The van der Waals surface area contributed by atoms with Crippen molar-refractivity contribution in [2.75, 3.05) is 31.1 Å². The number of hydrogen-bond donors (Lipinski definition) is 2. The van der Waals surface area contributed by atoms with E-state index in [2.05, 4.69) is 67.6 Å². The predicted molar refractivity (Wildman–Crippen MR) is 127 cm³/mol. The van der Waals surface area contributed by atoms with Gasteiger partial charge in [0.15, 0.2) is 5.96 Å². The Hall–Kier alpha value is -2.57. The van der Waals surface area contributed by atoms with E-state index >= 15 is 0 Å². The van der Waals surface area contributed by atoms with Gasteiger partial charge in [-0.3, -0.25) is 4.99 Å². The highest BCUT2D eigenvalue weighted by atomic mass is 15.3. The number of benzene rings is 1. The molecular weight excluding hydrogens is 386 g/mol. The third-order valence-electron chi connectivity index (χ3n) is 6.24. The summed E-state index contributed by atoms with van der Waals surface area (Å²) in [5.41, 5.74) is 1.31. The molecule has 2 aliphatic heterocycles. The number of fused-ring (bicyclic) bond motifs is 1. The van der Waals surface area contributed by atoms with Crippen LogP contribution in [0.3, 0.4) is 0 Å². The van der Waals surface area contributed by atoms with Crippen molar-refractivity contribution in [3.8, 4) is 0 Å². The normalized spacial score (nSPS) is 19.6. The van der Waals surface area contributed by atoms with Crippen molar-refractivity contribution in [1.82, 2.24) is 25.4 Å². The number of anilines is 1. The van der Waals surface area contributed by atoms with Crippen molar-refractivity contribution in [3.63, 3.8) is 0 Å². The summed E-state index contributed by atoms with van der Waals surface area (Å²) >= 11 is 0. The van der Waals surface area contributed by atoms with Crippen LogP contribution in [-0.2, 0) is 19.4 Å². The Morgan fingerprint density at radius 1 is 1.10 bits per heavy atom. The van der Waals surface area contributed by atoms with Gasteiger partial charge < -0.3 is 20.1 Å². The van der Waals surface area contributed by atoms with Gasteiger partial charge in [0.05, 0.1) is 0 Å². The Balaban J connectivity index is 1.29. The molecule has 1 aromatic carbocycles. The van der Waals surface area contributed by atoms with Gasteiger partial charge in [0, 0.05) is 57.3 Å². The summed E-state index contributed by atoms with van der Waals surface area (Å²) in [6.45, 7) is 7.01. The van der Waals surface area contributed by atoms with Gasteiger partial charge in [-0.25, -0.2) is 0 Å². The Morgan fingerprint density at radius 2 is 2.00 bits per heavy atom. The van der Waals surface area contributed by atoms with Crippen LogP contribution < -0.4 is 15.5 Å². The summed E-state index contributed by atoms with van der Waals surface area (Å²) in [7, 11) is 0. The molecule has 0 spiro atoms. The molecular formula is C24H37N7. The number of aliphatic imine (C=N–C) groups is 1. The van der Waals surface area contributed by atoms with Crippen LogP contribution in [-0.4, -0.2) is 52.9 Å². The largest absolute Gasteiger partial charge is 0.369 e. The number of hydrogen-bond acceptors (Lipinski definition) is 4. The molecule has 2 aliphatic rings. The van der Waals surface area contributed by atoms with Crippen molar-refractivity contribution in [2.24, 2.45) is 4.99 Å². The first kappa shape index (κ1) is 21.7. The van der Waals surface area contributed by atoms with Gasteiger partial charge in [-0.1, -0.05) is 24.6 Å². The molecule has 0 amide bonds. The van der Waals surface area contributed by atoms with Gasteiger partial charge >= 0.3 is 0 Å². The molecule has 0 aliphatic carbocycles. The second kappa shape index (κ2) is 11.2. The van der Waals surface area contributed by atoms with Gasteiger partial charge in [0.2, 0.25) is 0 Å². The monoisotopic (exact) mass is 423 g/mol. The number of para-hydroxylation sites is 1. The highest BCUT2D eigenvalue weighted by Crippen LogP contribution is 2.19. The van der Waals surface area contributed by atoms with E-state index in [1.54, 1.807) is 0 Å². The molecule has 1 atom stereocenters. The maximum absolute atomic E-state index is 4.85. The fourth-order valence-electron chi connectivity index (χ4n) is 4.64. The maximum atomic E-state index is 4.85. The van der Waals surface area contributed by atoms with E-state index in [-0.39, 0.29) is 0 Å². The molecule has 4 rings (SSSR count). The van der Waals surface area contributed by atoms with E-state index in [0.29, 0.717) is 6.04 Å². The molecule has 7 nitrogen and oxygen atoms in total. The van der Waals surface area contributed by atoms with Crippen molar-refractivity contribution in [2.45, 2.75) is 70.9 Å². The van der Waals surface area contributed by atoms with Gasteiger partial charge in [0.25, 0.3) is 0 Å². The Kier molecular flexibility index (Phi) is 7.80. The molecule has 31 heavy (non-hydrogen) atoms. The lowest BCUT2D eigenvalue weighted by Crippen LogP contribution is -2.51. The van der Waals surface area contributed by atoms with Crippen LogP contribution in [0, 0.1) is 0 Å². The molecule has 0 bridgehead atoms. The number of aromatic nitrogens is 3. The molecule has 1 fully saturated rings. The zero-order valence-corrected chi connectivity index (χ0v) is 18.9. The Morgan fingerprint density at radius 3 is 2.87 bits per heavy atom. The topological polar surface area (TPSA) is 70.4 Å². The number of rotatable bonds is 7. The highest BCUT2D eigenvalue weighted by molar-refractivity contribution is 5.80. The second-order valence-electron chi connectivity index (χ2n) is 8.62. The molecule has 1 saturated heterocycles. The zero-order chi connectivity index (χ0) is 21.3. The SMILES string of the molecule is CCNC(=NCCCc1nnc2n1CCCCC2)NC1CCCN(c2ccccc2)C1. The standard InChI is InChI=1S/C24H37N7/c1-2-25-24(27-20-11-10-17-30(19-20)21-12-5-3-6-13-21)26-16-9-15-23-29-28-22-14-7-4-8-18-31(22)23/h3,5-6,12-13,20H,2,4,7-11,14-19H2,1H3,(H2,25,26,27). The molecule has 168 valence electrons. The number of guanidine groups is 1. The number of piperidine rings is 1. The summed E-state index contributed by atoms with van der Waals surface area (Å²) < 4.78 is 2.35. The van der Waals surface area contributed by atoms with Crippen LogP contribution in [0.2, 0.25) is 0 Å². The first-order valence-electron chi connectivity index (χ1n) is 12.1. The van der Waals surface area contributed by atoms with Crippen LogP contribution in [0.5, 0.6) is 0 Å². The van der Waals surface area contributed by atoms with Crippen LogP contribution in [0.4, 0.5) is 5.69 Å². The van der Waals surface area contributed by atoms with Crippen molar-refractivity contribution in [1.29, 1.82) is 0 Å². The van der Waals surface area contributed by atoms with E-state index in [9.17, 15) is 0 Å². The van der Waals surface area contributed by atoms with Crippen molar-refractivity contribution >= 4 is 11.6 Å². The molecule has 2 aromatic rings. The van der Waals surface area contributed by atoms with Crippen molar-refractivity contribution < 1.29 is 0 Å². The second-order valence-corrected chi connectivity index (χ2v) is 8.62. The lowest BCUT2D eigenvalue weighted by atomic mass is 10.1. The lowest BCUT2D eigenvalue weighted by Gasteiger charge is -2.35. The van der Waals surface area contributed by atoms with Crippen LogP contribution in [0.1, 0.15) is 57.1 Å². The maximum Gasteiger partial charge on any atom is 0.191 e. The summed E-state index contributed by atoms with van der Waals surface area (Å²) in [5.74, 6) is 3.24. The quantitative estimate of drug-likeness (QED) is 0.407. The van der Waals surface area contributed by atoms with Crippen LogP contribution in [0.25, 0.3) is 0 Å². The molecule has 1 aromatic heterocycles. The summed E-state index contributed by atoms with van der Waals surface area (Å²) in [4.78, 5) is 7.33. The minimum Gasteiger partial charge on any atom is -0.369 e. The molecule has 0 saturated carbocycles. The van der Waals surface area contributed by atoms with E-state index in [1.165, 1.54) is 43.6 Å². The van der Waals surface area contributed by atoms with E-state index in [4.69, 9.17) is 4.99 Å². The summed E-state index contributed by atoms with van der Waals surface area (Å²) in [5, 5.41) is 16.0. The van der Waals surface area contributed by atoms with Crippen LogP contribution >= 0.6 is 0 Å². The molecule has 7 heteroatoms. The molecule has 0 radical (unpaired) electrons.